The summed E-state index contributed by atoms with van der Waals surface area (Å²) in [6.45, 7) is 2.87. The van der Waals surface area contributed by atoms with Crippen molar-refractivity contribution in [3.05, 3.63) is 65.7 Å². The highest BCUT2D eigenvalue weighted by Gasteiger charge is 2.18. The van der Waals surface area contributed by atoms with E-state index in [9.17, 15) is 10.2 Å². The second-order valence-electron chi connectivity index (χ2n) is 5.24. The highest BCUT2D eigenvalue weighted by atomic mass is 16.3. The van der Waals surface area contributed by atoms with Crippen LogP contribution in [-0.4, -0.2) is 22.8 Å². The molecule has 0 amide bonds. The lowest BCUT2D eigenvalue weighted by Crippen LogP contribution is -2.35. The maximum Gasteiger partial charge on any atom is 0.115 e. The molecule has 0 bridgehead atoms. The van der Waals surface area contributed by atoms with Gasteiger partial charge in [-0.1, -0.05) is 49.4 Å². The third-order valence-corrected chi connectivity index (χ3v) is 3.72. The lowest BCUT2D eigenvalue weighted by atomic mass is 10.00. The second kappa shape index (κ2) is 7.81. The van der Waals surface area contributed by atoms with Gasteiger partial charge in [-0.15, -0.1) is 0 Å². The molecule has 2 rings (SSSR count). The van der Waals surface area contributed by atoms with E-state index >= 15 is 0 Å². The maximum absolute atomic E-state index is 10.4. The van der Waals surface area contributed by atoms with E-state index in [4.69, 9.17) is 0 Å². The van der Waals surface area contributed by atoms with Crippen molar-refractivity contribution in [2.45, 2.75) is 31.9 Å². The Kier molecular flexibility index (Phi) is 5.78. The highest BCUT2D eigenvalue weighted by Crippen LogP contribution is 2.18. The Hall–Kier alpha value is -1.84. The second-order valence-corrected chi connectivity index (χ2v) is 5.24. The molecule has 3 nitrogen and oxygen atoms in total. The minimum atomic E-state index is -0.490. The Bertz CT molecular complexity index is 525. The quantitative estimate of drug-likeness (QED) is 0.733. The third kappa shape index (κ3) is 4.59. The largest absolute Gasteiger partial charge is 0.508 e. The first-order valence-corrected chi connectivity index (χ1v) is 7.45. The number of nitrogens with one attached hydrogen (secondary N) is 1. The normalized spacial score (nSPS) is 13.8. The molecule has 0 heterocycles. The Morgan fingerprint density at radius 3 is 2.29 bits per heavy atom. The first-order valence-electron chi connectivity index (χ1n) is 7.45. The molecule has 0 aliphatic heterocycles. The highest BCUT2D eigenvalue weighted by molar-refractivity contribution is 5.26. The lowest BCUT2D eigenvalue weighted by Gasteiger charge is -2.23. The van der Waals surface area contributed by atoms with Crippen LogP contribution in [0.3, 0.4) is 0 Å². The standard InChI is InChI=1S/C18H23NO2/c1-2-17(18(21)15-6-4-3-5-7-15)19-13-12-14-8-10-16(20)11-9-14/h3-11,17-21H,2,12-13H2,1H3. The minimum absolute atomic E-state index is 0.0458. The van der Waals surface area contributed by atoms with Gasteiger partial charge in [0, 0.05) is 6.04 Å². The van der Waals surface area contributed by atoms with Gasteiger partial charge in [0.15, 0.2) is 0 Å². The molecule has 3 N–H and O–H groups in total. The Balaban J connectivity index is 1.86. The molecule has 0 radical (unpaired) electrons. The van der Waals surface area contributed by atoms with Crippen LogP contribution in [0.4, 0.5) is 0 Å². The fourth-order valence-corrected chi connectivity index (χ4v) is 2.43. The van der Waals surface area contributed by atoms with Crippen LogP contribution in [0, 0.1) is 0 Å². The summed E-state index contributed by atoms with van der Waals surface area (Å²) in [5.74, 6) is 0.289. The summed E-state index contributed by atoms with van der Waals surface area (Å²) in [6.07, 6.45) is 1.25. The van der Waals surface area contributed by atoms with Crippen LogP contribution in [-0.2, 0) is 6.42 Å². The average Bonchev–Trinajstić information content (AvgIpc) is 2.53. The van der Waals surface area contributed by atoms with E-state index < -0.39 is 6.10 Å². The molecule has 2 atom stereocenters. The van der Waals surface area contributed by atoms with Crippen molar-refractivity contribution in [3.8, 4) is 5.75 Å². The van der Waals surface area contributed by atoms with Crippen molar-refractivity contribution in [2.75, 3.05) is 6.54 Å². The number of aromatic hydroxyl groups is 1. The summed E-state index contributed by atoms with van der Waals surface area (Å²) in [6, 6.07) is 17.0. The van der Waals surface area contributed by atoms with Crippen LogP contribution < -0.4 is 5.32 Å². The molecule has 0 saturated heterocycles. The summed E-state index contributed by atoms with van der Waals surface area (Å²) in [5.41, 5.74) is 2.12. The molecule has 2 aromatic carbocycles. The maximum atomic E-state index is 10.4. The topological polar surface area (TPSA) is 52.5 Å². The van der Waals surface area contributed by atoms with E-state index in [0.717, 1.165) is 24.9 Å². The molecule has 0 aliphatic rings. The molecule has 3 heteroatoms. The predicted molar refractivity (Wildman–Crippen MR) is 85.3 cm³/mol. The van der Waals surface area contributed by atoms with Gasteiger partial charge in [0.25, 0.3) is 0 Å². The van der Waals surface area contributed by atoms with Crippen molar-refractivity contribution < 1.29 is 10.2 Å². The van der Waals surface area contributed by atoms with Crippen molar-refractivity contribution >= 4 is 0 Å². The van der Waals surface area contributed by atoms with Crippen molar-refractivity contribution in [1.29, 1.82) is 0 Å². The average molecular weight is 285 g/mol. The molecule has 2 unspecified atom stereocenters. The zero-order valence-electron chi connectivity index (χ0n) is 12.4. The van der Waals surface area contributed by atoms with Gasteiger partial charge in [0.1, 0.15) is 5.75 Å². The van der Waals surface area contributed by atoms with E-state index in [0.29, 0.717) is 0 Å². The molecule has 0 aliphatic carbocycles. The Labute approximate surface area is 126 Å². The molecule has 0 saturated carbocycles. The van der Waals surface area contributed by atoms with Gasteiger partial charge in [-0.25, -0.2) is 0 Å². The molecule has 112 valence electrons. The molecule has 0 spiro atoms. The number of phenols is 1. The summed E-state index contributed by atoms with van der Waals surface area (Å²) in [7, 11) is 0. The molecular formula is C18H23NO2. The van der Waals surface area contributed by atoms with Crippen molar-refractivity contribution in [3.63, 3.8) is 0 Å². The van der Waals surface area contributed by atoms with Crippen LogP contribution in [0.25, 0.3) is 0 Å². The smallest absolute Gasteiger partial charge is 0.115 e. The zero-order chi connectivity index (χ0) is 15.1. The zero-order valence-corrected chi connectivity index (χ0v) is 12.4. The molecule has 2 aromatic rings. The molecule has 0 fully saturated rings. The Morgan fingerprint density at radius 2 is 1.67 bits per heavy atom. The third-order valence-electron chi connectivity index (χ3n) is 3.72. The van der Waals surface area contributed by atoms with Crippen LogP contribution in [0.15, 0.2) is 54.6 Å². The van der Waals surface area contributed by atoms with Gasteiger partial charge in [-0.05, 0) is 42.6 Å². The fourth-order valence-electron chi connectivity index (χ4n) is 2.43. The summed E-state index contributed by atoms with van der Waals surface area (Å²) in [5, 5.41) is 23.1. The summed E-state index contributed by atoms with van der Waals surface area (Å²) < 4.78 is 0. The minimum Gasteiger partial charge on any atom is -0.508 e. The van der Waals surface area contributed by atoms with E-state index in [-0.39, 0.29) is 11.8 Å². The fraction of sp³-hybridized carbons (Fsp3) is 0.333. The monoisotopic (exact) mass is 285 g/mol. The SMILES string of the molecule is CCC(NCCc1ccc(O)cc1)C(O)c1ccccc1. The van der Waals surface area contributed by atoms with E-state index in [1.807, 2.05) is 42.5 Å². The van der Waals surface area contributed by atoms with Gasteiger partial charge in [-0.2, -0.15) is 0 Å². The van der Waals surface area contributed by atoms with Crippen LogP contribution in [0.1, 0.15) is 30.6 Å². The number of benzene rings is 2. The van der Waals surface area contributed by atoms with Crippen molar-refractivity contribution in [2.24, 2.45) is 0 Å². The summed E-state index contributed by atoms with van der Waals surface area (Å²) in [4.78, 5) is 0. The van der Waals surface area contributed by atoms with Gasteiger partial charge in [-0.3, -0.25) is 0 Å². The van der Waals surface area contributed by atoms with Gasteiger partial charge in [0.05, 0.1) is 6.10 Å². The summed E-state index contributed by atoms with van der Waals surface area (Å²) >= 11 is 0. The van der Waals surface area contributed by atoms with E-state index in [2.05, 4.69) is 12.2 Å². The van der Waals surface area contributed by atoms with Crippen LogP contribution >= 0.6 is 0 Å². The number of aliphatic hydroxyl groups excluding tert-OH is 1. The first kappa shape index (κ1) is 15.5. The number of aliphatic hydroxyl groups is 1. The number of hydrogen-bond acceptors (Lipinski definition) is 3. The van der Waals surface area contributed by atoms with Crippen LogP contribution in [0.2, 0.25) is 0 Å². The molecule has 0 aromatic heterocycles. The van der Waals surface area contributed by atoms with E-state index in [1.54, 1.807) is 12.1 Å². The van der Waals surface area contributed by atoms with E-state index in [1.165, 1.54) is 5.56 Å². The number of rotatable bonds is 7. The van der Waals surface area contributed by atoms with Crippen LogP contribution in [0.5, 0.6) is 5.75 Å². The molecule has 21 heavy (non-hydrogen) atoms. The molecular weight excluding hydrogens is 262 g/mol. The first-order chi connectivity index (χ1) is 10.2. The van der Waals surface area contributed by atoms with Crippen molar-refractivity contribution in [1.82, 2.24) is 5.32 Å². The number of phenolic OH excluding ortho intramolecular Hbond substituents is 1. The van der Waals surface area contributed by atoms with Gasteiger partial charge >= 0.3 is 0 Å². The Morgan fingerprint density at radius 1 is 1.00 bits per heavy atom. The van der Waals surface area contributed by atoms with Gasteiger partial charge < -0.3 is 15.5 Å². The predicted octanol–water partition coefficient (Wildman–Crippen LogP) is 3.04. The number of hydrogen-bond donors (Lipinski definition) is 3. The van der Waals surface area contributed by atoms with Gasteiger partial charge in [0.2, 0.25) is 0 Å². The lowest BCUT2D eigenvalue weighted by molar-refractivity contribution is 0.126.